The van der Waals surface area contributed by atoms with Gasteiger partial charge in [-0.15, -0.1) is 0 Å². The smallest absolute Gasteiger partial charge is 0.335 e. The quantitative estimate of drug-likeness (QED) is 0.0299. The molecule has 0 aromatic heterocycles. The van der Waals surface area contributed by atoms with E-state index in [4.69, 9.17) is 23.7 Å². The Morgan fingerprint density at radius 2 is 0.761 bits per heavy atom. The average molecular weight is 955 g/mol. The number of hydrogen-bond donors (Lipinski definition) is 3. The number of carbonyl (C=O) groups excluding carboxylic acids is 3. The zero-order valence-corrected chi connectivity index (χ0v) is 43.2. The van der Waals surface area contributed by atoms with Gasteiger partial charge in [-0.3, -0.25) is 14.4 Å². The van der Waals surface area contributed by atoms with Crippen LogP contribution in [0.3, 0.4) is 0 Å². The zero-order valence-electron chi connectivity index (χ0n) is 43.2. The van der Waals surface area contributed by atoms with Crippen molar-refractivity contribution < 1.29 is 58.2 Å². The Kier molecular flexibility index (Phi) is 42.0. The van der Waals surface area contributed by atoms with Crippen LogP contribution in [0.1, 0.15) is 278 Å². The molecule has 0 bridgehead atoms. The standard InChI is InChI=1S/C55H102O12/c1-4-7-10-13-16-19-21-22-23-24-25-26-28-30-32-35-38-41-47(56)63-44-46(65-48(57)42-39-36-33-29-18-15-12-9-6-3)45-64-55-53(51(60)50(59)52(67-55)54(61)62)66-49(58)43-40-37-34-31-27-20-17-14-11-8-5-2/h46,50-53,55,59-60H,4-45H2,1-3H3,(H,61,62). The fourth-order valence-corrected chi connectivity index (χ4v) is 8.84. The summed E-state index contributed by atoms with van der Waals surface area (Å²) < 4.78 is 28.3. The van der Waals surface area contributed by atoms with Crippen LogP contribution in [0.5, 0.6) is 0 Å². The average Bonchev–Trinajstić information content (AvgIpc) is 3.31. The van der Waals surface area contributed by atoms with Crippen LogP contribution in [-0.4, -0.2) is 89.2 Å². The largest absolute Gasteiger partial charge is 0.479 e. The van der Waals surface area contributed by atoms with Crippen molar-refractivity contribution in [2.45, 2.75) is 314 Å². The zero-order chi connectivity index (χ0) is 49.0. The van der Waals surface area contributed by atoms with Crippen LogP contribution in [0.25, 0.3) is 0 Å². The van der Waals surface area contributed by atoms with E-state index >= 15 is 0 Å². The van der Waals surface area contributed by atoms with E-state index in [0.29, 0.717) is 19.3 Å². The summed E-state index contributed by atoms with van der Waals surface area (Å²) >= 11 is 0. The monoisotopic (exact) mass is 955 g/mol. The molecular formula is C55H102O12. The third-order valence-electron chi connectivity index (χ3n) is 13.2. The Balaban J connectivity index is 2.64. The number of carboxylic acid groups (broad SMARTS) is 1. The predicted octanol–water partition coefficient (Wildman–Crippen LogP) is 13.6. The summed E-state index contributed by atoms with van der Waals surface area (Å²) in [5, 5.41) is 31.3. The maximum atomic E-state index is 13.0. The Morgan fingerprint density at radius 3 is 1.12 bits per heavy atom. The van der Waals surface area contributed by atoms with Crippen LogP contribution in [0.4, 0.5) is 0 Å². The lowest BCUT2D eigenvalue weighted by Crippen LogP contribution is -2.61. The molecule has 0 spiro atoms. The highest BCUT2D eigenvalue weighted by atomic mass is 16.7. The second kappa shape index (κ2) is 44.9. The first-order chi connectivity index (χ1) is 32.6. The molecule has 3 N–H and O–H groups in total. The van der Waals surface area contributed by atoms with Gasteiger partial charge in [-0.05, 0) is 19.3 Å². The molecule has 67 heavy (non-hydrogen) atoms. The molecule has 1 rings (SSSR count). The Hall–Kier alpha value is -2.28. The van der Waals surface area contributed by atoms with E-state index in [1.54, 1.807) is 0 Å². The number of aliphatic carboxylic acids is 1. The molecule has 0 saturated carbocycles. The highest BCUT2D eigenvalue weighted by molar-refractivity contribution is 5.74. The van der Waals surface area contributed by atoms with E-state index in [1.807, 2.05) is 0 Å². The van der Waals surface area contributed by atoms with Crippen molar-refractivity contribution in [3.63, 3.8) is 0 Å². The van der Waals surface area contributed by atoms with Crippen LogP contribution in [0.2, 0.25) is 0 Å². The molecule has 6 atom stereocenters. The molecule has 394 valence electrons. The summed E-state index contributed by atoms with van der Waals surface area (Å²) in [7, 11) is 0. The number of carbonyl (C=O) groups is 4. The number of carboxylic acids is 1. The maximum absolute atomic E-state index is 13.0. The third-order valence-corrected chi connectivity index (χ3v) is 13.2. The molecule has 12 nitrogen and oxygen atoms in total. The molecule has 0 radical (unpaired) electrons. The molecule has 12 heteroatoms. The molecule has 0 amide bonds. The molecule has 1 aliphatic rings. The van der Waals surface area contributed by atoms with E-state index in [9.17, 15) is 34.5 Å². The van der Waals surface area contributed by atoms with Crippen molar-refractivity contribution >= 4 is 23.9 Å². The van der Waals surface area contributed by atoms with E-state index in [1.165, 1.54) is 154 Å². The summed E-state index contributed by atoms with van der Waals surface area (Å²) in [4.78, 5) is 50.8. The lowest BCUT2D eigenvalue weighted by molar-refractivity contribution is -0.301. The Morgan fingerprint density at radius 1 is 0.433 bits per heavy atom. The molecule has 1 aliphatic heterocycles. The first-order valence-electron chi connectivity index (χ1n) is 28.0. The van der Waals surface area contributed by atoms with Crippen molar-refractivity contribution in [1.82, 2.24) is 0 Å². The minimum Gasteiger partial charge on any atom is -0.479 e. The van der Waals surface area contributed by atoms with Gasteiger partial charge in [0.2, 0.25) is 0 Å². The molecule has 1 saturated heterocycles. The molecule has 0 aromatic rings. The number of ether oxygens (including phenoxy) is 5. The second-order valence-electron chi connectivity index (χ2n) is 19.6. The van der Waals surface area contributed by atoms with Crippen LogP contribution in [-0.2, 0) is 42.9 Å². The lowest BCUT2D eigenvalue weighted by Gasteiger charge is -2.40. The predicted molar refractivity (Wildman–Crippen MR) is 267 cm³/mol. The lowest BCUT2D eigenvalue weighted by atomic mass is 9.98. The van der Waals surface area contributed by atoms with Gasteiger partial charge < -0.3 is 39.0 Å². The van der Waals surface area contributed by atoms with Crippen LogP contribution in [0.15, 0.2) is 0 Å². The first-order valence-corrected chi connectivity index (χ1v) is 28.0. The molecule has 1 fully saturated rings. The van der Waals surface area contributed by atoms with Crippen molar-refractivity contribution in [2.24, 2.45) is 0 Å². The fourth-order valence-electron chi connectivity index (χ4n) is 8.84. The van der Waals surface area contributed by atoms with E-state index in [-0.39, 0.29) is 25.9 Å². The summed E-state index contributed by atoms with van der Waals surface area (Å²) in [6.07, 6.45) is 33.9. The fraction of sp³-hybridized carbons (Fsp3) is 0.927. The molecule has 6 unspecified atom stereocenters. The second-order valence-corrected chi connectivity index (χ2v) is 19.6. The Labute approximate surface area is 408 Å². The van der Waals surface area contributed by atoms with E-state index in [0.717, 1.165) is 64.2 Å². The highest BCUT2D eigenvalue weighted by Gasteiger charge is 2.50. The first kappa shape index (κ1) is 62.7. The Bertz CT molecular complexity index is 1180. The number of aliphatic hydroxyl groups is 2. The summed E-state index contributed by atoms with van der Waals surface area (Å²) in [6.45, 7) is 5.97. The number of unbranched alkanes of at least 4 members (excludes halogenated alkanes) is 34. The normalized spacial score (nSPS) is 18.7. The van der Waals surface area contributed by atoms with E-state index < -0.39 is 67.3 Å². The third kappa shape index (κ3) is 35.5. The summed E-state index contributed by atoms with van der Waals surface area (Å²) in [6, 6.07) is 0. The van der Waals surface area contributed by atoms with Gasteiger partial charge in [0, 0.05) is 19.3 Å². The van der Waals surface area contributed by atoms with Gasteiger partial charge in [0.05, 0.1) is 6.61 Å². The van der Waals surface area contributed by atoms with Gasteiger partial charge >= 0.3 is 23.9 Å². The molecule has 1 heterocycles. The van der Waals surface area contributed by atoms with Crippen molar-refractivity contribution in [3.8, 4) is 0 Å². The highest BCUT2D eigenvalue weighted by Crippen LogP contribution is 2.26. The summed E-state index contributed by atoms with van der Waals surface area (Å²) in [5.41, 5.74) is 0. The van der Waals surface area contributed by atoms with Gasteiger partial charge in [0.25, 0.3) is 0 Å². The molecular weight excluding hydrogens is 853 g/mol. The number of esters is 3. The number of aliphatic hydroxyl groups excluding tert-OH is 2. The topological polar surface area (TPSA) is 175 Å². The minimum absolute atomic E-state index is 0.0693. The van der Waals surface area contributed by atoms with Crippen LogP contribution >= 0.6 is 0 Å². The van der Waals surface area contributed by atoms with Gasteiger partial charge in [0.1, 0.15) is 18.8 Å². The van der Waals surface area contributed by atoms with Crippen molar-refractivity contribution in [2.75, 3.05) is 13.2 Å². The van der Waals surface area contributed by atoms with Crippen molar-refractivity contribution in [1.29, 1.82) is 0 Å². The van der Waals surface area contributed by atoms with Crippen LogP contribution < -0.4 is 0 Å². The van der Waals surface area contributed by atoms with E-state index in [2.05, 4.69) is 20.8 Å². The van der Waals surface area contributed by atoms with Gasteiger partial charge in [-0.25, -0.2) is 4.79 Å². The van der Waals surface area contributed by atoms with Gasteiger partial charge in [-0.1, -0.05) is 239 Å². The number of hydrogen-bond acceptors (Lipinski definition) is 11. The number of rotatable bonds is 48. The summed E-state index contributed by atoms with van der Waals surface area (Å²) in [5.74, 6) is -3.08. The molecule has 0 aliphatic carbocycles. The maximum Gasteiger partial charge on any atom is 0.335 e. The SMILES string of the molecule is CCCCCCCCCCCCCCCCCCCC(=O)OCC(COC1OC(C(=O)O)C(O)C(O)C1OC(=O)CCCCCCCCCCCCC)OC(=O)CCCCCCCCCCC. The van der Waals surface area contributed by atoms with Crippen LogP contribution in [0, 0.1) is 0 Å². The minimum atomic E-state index is -1.89. The van der Waals surface area contributed by atoms with Gasteiger partial charge in [-0.2, -0.15) is 0 Å². The molecule has 0 aromatic carbocycles. The van der Waals surface area contributed by atoms with Crippen molar-refractivity contribution in [3.05, 3.63) is 0 Å². The van der Waals surface area contributed by atoms with Gasteiger partial charge in [0.15, 0.2) is 24.6 Å².